The maximum Gasteiger partial charge on any atom is 0.323 e. The van der Waals surface area contributed by atoms with Gasteiger partial charge in [0, 0.05) is 28.4 Å². The van der Waals surface area contributed by atoms with Crippen molar-refractivity contribution in [1.82, 2.24) is 5.32 Å². The summed E-state index contributed by atoms with van der Waals surface area (Å²) in [4.78, 5) is 31.4. The van der Waals surface area contributed by atoms with Gasteiger partial charge in [0.25, 0.3) is 5.91 Å². The molecule has 3 N–H and O–H groups in total. The Labute approximate surface area is 225 Å². The number of methoxy groups -OCH3 is 1. The minimum atomic E-state index is -0.540. The summed E-state index contributed by atoms with van der Waals surface area (Å²) in [5, 5.41) is 9.63. The smallest absolute Gasteiger partial charge is 0.323 e. The number of furan rings is 1. The number of nitrogens with one attached hydrogen (secondary N) is 3. The van der Waals surface area contributed by atoms with E-state index >= 15 is 0 Å². The molecule has 38 heavy (non-hydrogen) atoms. The Balaban J connectivity index is 1.47. The molecular formula is C29H28N4O4S. The molecule has 194 valence electrons. The van der Waals surface area contributed by atoms with Crippen molar-refractivity contribution in [2.75, 3.05) is 23.5 Å². The zero-order chi connectivity index (χ0) is 26.6. The molecule has 0 radical (unpaired) electrons. The first-order valence-electron chi connectivity index (χ1n) is 12.3. The Morgan fingerprint density at radius 2 is 1.84 bits per heavy atom. The quantitative estimate of drug-likeness (QED) is 0.345. The molecule has 3 amide bonds. The molecule has 2 aromatic carbocycles. The van der Waals surface area contributed by atoms with Crippen LogP contribution in [0.5, 0.6) is 5.75 Å². The third kappa shape index (κ3) is 5.10. The number of para-hydroxylation sites is 2. The van der Waals surface area contributed by atoms with Crippen molar-refractivity contribution >= 4 is 40.1 Å². The van der Waals surface area contributed by atoms with E-state index in [1.54, 1.807) is 31.6 Å². The highest BCUT2D eigenvalue weighted by Crippen LogP contribution is 2.46. The number of carbonyl (C=O) groups is 2. The number of aliphatic imine (C=N–C) groups is 1. The molecule has 2 aliphatic heterocycles. The minimum Gasteiger partial charge on any atom is -0.495 e. The van der Waals surface area contributed by atoms with Gasteiger partial charge >= 0.3 is 6.03 Å². The van der Waals surface area contributed by atoms with Crippen LogP contribution >= 0.6 is 11.8 Å². The lowest BCUT2D eigenvalue weighted by Gasteiger charge is -2.26. The van der Waals surface area contributed by atoms with Crippen LogP contribution in [-0.2, 0) is 11.2 Å². The molecule has 0 bridgehead atoms. The zero-order valence-corrected chi connectivity index (χ0v) is 22.1. The standard InChI is InChI=1S/C29H28N4O4S/c1-4-18-11-13-19(14-12-18)31-29(35)33-21-16-38-28-25(21)26(23-10-7-15-37-23)24(17(2)30-28)27(34)32-20-8-5-6-9-22(20)36-3/h5-15,26H,4,16H2,1-3H3,(H,32,34)(H2,31,33,35). The van der Waals surface area contributed by atoms with Gasteiger partial charge < -0.3 is 25.1 Å². The third-order valence-corrected chi connectivity index (χ3v) is 7.47. The van der Waals surface area contributed by atoms with Gasteiger partial charge in [0.15, 0.2) is 0 Å². The van der Waals surface area contributed by atoms with Crippen LogP contribution in [0.4, 0.5) is 16.2 Å². The number of aryl methyl sites for hydroxylation is 1. The molecule has 3 heterocycles. The van der Waals surface area contributed by atoms with Gasteiger partial charge in [-0.1, -0.05) is 43.0 Å². The highest BCUT2D eigenvalue weighted by atomic mass is 32.2. The van der Waals surface area contributed by atoms with E-state index < -0.39 is 5.92 Å². The molecule has 2 aliphatic rings. The zero-order valence-electron chi connectivity index (χ0n) is 21.3. The fourth-order valence-electron chi connectivity index (χ4n) is 4.58. The molecule has 0 saturated heterocycles. The van der Waals surface area contributed by atoms with Crippen molar-refractivity contribution in [3.63, 3.8) is 0 Å². The summed E-state index contributed by atoms with van der Waals surface area (Å²) < 4.78 is 11.2. The fourth-order valence-corrected chi connectivity index (χ4v) is 5.69. The molecule has 3 aromatic rings. The molecule has 0 aliphatic carbocycles. The first-order valence-corrected chi connectivity index (χ1v) is 13.3. The normalized spacial score (nSPS) is 16.6. The number of anilines is 2. The summed E-state index contributed by atoms with van der Waals surface area (Å²) in [7, 11) is 1.56. The summed E-state index contributed by atoms with van der Waals surface area (Å²) in [6, 6.07) is 18.2. The maximum atomic E-state index is 13.7. The minimum absolute atomic E-state index is 0.319. The Bertz CT molecular complexity index is 1460. The molecule has 1 atom stereocenters. The van der Waals surface area contributed by atoms with Gasteiger partial charge in [-0.3, -0.25) is 4.79 Å². The molecule has 1 aromatic heterocycles. The summed E-state index contributed by atoms with van der Waals surface area (Å²) in [5.41, 5.74) is 4.93. The van der Waals surface area contributed by atoms with Crippen molar-refractivity contribution in [1.29, 1.82) is 0 Å². The van der Waals surface area contributed by atoms with Crippen LogP contribution in [-0.4, -0.2) is 29.8 Å². The lowest BCUT2D eigenvalue weighted by Crippen LogP contribution is -2.31. The van der Waals surface area contributed by atoms with Gasteiger partial charge in [-0.15, -0.1) is 0 Å². The molecule has 8 nitrogen and oxygen atoms in total. The second-order valence-corrected chi connectivity index (χ2v) is 9.79. The van der Waals surface area contributed by atoms with Gasteiger partial charge in [-0.25, -0.2) is 9.79 Å². The lowest BCUT2D eigenvalue weighted by molar-refractivity contribution is -0.113. The average molecular weight is 529 g/mol. The van der Waals surface area contributed by atoms with Crippen LogP contribution in [0.2, 0.25) is 0 Å². The van der Waals surface area contributed by atoms with Crippen LogP contribution in [0.3, 0.4) is 0 Å². The van der Waals surface area contributed by atoms with E-state index in [2.05, 4.69) is 22.9 Å². The van der Waals surface area contributed by atoms with Crippen LogP contribution < -0.4 is 20.7 Å². The van der Waals surface area contributed by atoms with E-state index in [9.17, 15) is 9.59 Å². The predicted octanol–water partition coefficient (Wildman–Crippen LogP) is 6.08. The van der Waals surface area contributed by atoms with E-state index in [-0.39, 0.29) is 11.9 Å². The number of benzene rings is 2. The number of urea groups is 1. The fraction of sp³-hybridized carbons (Fsp3) is 0.207. The molecule has 9 heteroatoms. The number of ether oxygens (including phenoxy) is 1. The Kier molecular flexibility index (Phi) is 7.37. The van der Waals surface area contributed by atoms with Crippen molar-refractivity contribution in [3.05, 3.63) is 101 Å². The van der Waals surface area contributed by atoms with Gasteiger partial charge in [-0.05, 0) is 55.3 Å². The summed E-state index contributed by atoms with van der Waals surface area (Å²) in [5.74, 6) is 0.800. The Morgan fingerprint density at radius 3 is 2.55 bits per heavy atom. The number of hydrogen-bond acceptors (Lipinski definition) is 6. The van der Waals surface area contributed by atoms with E-state index in [4.69, 9.17) is 14.1 Å². The molecule has 0 fully saturated rings. The number of thioether (sulfide) groups is 1. The topological polar surface area (TPSA) is 105 Å². The van der Waals surface area contributed by atoms with Gasteiger partial charge in [0.2, 0.25) is 0 Å². The van der Waals surface area contributed by atoms with Gasteiger partial charge in [0.1, 0.15) is 16.6 Å². The van der Waals surface area contributed by atoms with E-state index in [0.717, 1.165) is 17.0 Å². The summed E-state index contributed by atoms with van der Waals surface area (Å²) in [6.07, 6.45) is 2.50. The van der Waals surface area contributed by atoms with Crippen LogP contribution in [0.15, 0.2) is 98.9 Å². The van der Waals surface area contributed by atoms with Crippen LogP contribution in [0.25, 0.3) is 0 Å². The number of allylic oxidation sites excluding steroid dienone is 1. The molecular weight excluding hydrogens is 500 g/mol. The van der Waals surface area contributed by atoms with Gasteiger partial charge in [-0.2, -0.15) is 0 Å². The number of carbonyl (C=O) groups excluding carboxylic acids is 2. The molecule has 1 unspecified atom stereocenters. The predicted molar refractivity (Wildman–Crippen MR) is 151 cm³/mol. The molecule has 0 spiro atoms. The van der Waals surface area contributed by atoms with E-state index in [0.29, 0.717) is 45.6 Å². The van der Waals surface area contributed by atoms with Crippen molar-refractivity contribution in [2.45, 2.75) is 26.2 Å². The third-order valence-electron chi connectivity index (χ3n) is 6.46. The highest BCUT2D eigenvalue weighted by Gasteiger charge is 2.41. The number of nitrogens with zero attached hydrogens (tertiary/aromatic N) is 1. The maximum absolute atomic E-state index is 13.7. The largest absolute Gasteiger partial charge is 0.495 e. The Morgan fingerprint density at radius 1 is 1.05 bits per heavy atom. The molecule has 5 rings (SSSR count). The number of fused-ring (bicyclic) bond motifs is 1. The van der Waals surface area contributed by atoms with Crippen LogP contribution in [0.1, 0.15) is 31.1 Å². The second kappa shape index (κ2) is 11.0. The van der Waals surface area contributed by atoms with Crippen molar-refractivity contribution in [2.24, 2.45) is 4.99 Å². The number of amides is 3. The summed E-state index contributed by atoms with van der Waals surface area (Å²) >= 11 is 1.52. The SMILES string of the molecule is CCc1ccc(NC(=O)NC2=C3C(=NC(C)=C(C(=O)Nc4ccccc4OC)C3c3ccco3)SC2)cc1. The monoisotopic (exact) mass is 528 g/mol. The average Bonchev–Trinajstić information content (AvgIpc) is 3.59. The Hall–Kier alpha value is -4.24. The first kappa shape index (κ1) is 25.4. The number of hydrogen-bond donors (Lipinski definition) is 3. The summed E-state index contributed by atoms with van der Waals surface area (Å²) in [6.45, 7) is 3.90. The second-order valence-electron chi connectivity index (χ2n) is 8.83. The van der Waals surface area contributed by atoms with E-state index in [1.807, 2.05) is 49.4 Å². The van der Waals surface area contributed by atoms with Gasteiger partial charge in [0.05, 0.1) is 30.6 Å². The lowest BCUT2D eigenvalue weighted by atomic mass is 9.84. The van der Waals surface area contributed by atoms with Crippen molar-refractivity contribution < 1.29 is 18.7 Å². The number of rotatable bonds is 7. The first-order chi connectivity index (χ1) is 18.5. The van der Waals surface area contributed by atoms with E-state index in [1.165, 1.54) is 17.3 Å². The van der Waals surface area contributed by atoms with Crippen molar-refractivity contribution in [3.8, 4) is 5.75 Å². The highest BCUT2D eigenvalue weighted by molar-refractivity contribution is 8.15. The van der Waals surface area contributed by atoms with Crippen LogP contribution in [0, 0.1) is 0 Å². The molecule has 0 saturated carbocycles.